The molecule has 7 heavy (non-hydrogen) atoms. The summed E-state index contributed by atoms with van der Waals surface area (Å²) in [4.78, 5) is 0. The zero-order valence-corrected chi connectivity index (χ0v) is 6.10. The van der Waals surface area contributed by atoms with Crippen molar-refractivity contribution in [3.63, 3.8) is 0 Å². The fourth-order valence-corrected chi connectivity index (χ4v) is 0. The largest absolute Gasteiger partial charge is 0.389 e. The van der Waals surface area contributed by atoms with Crippen molar-refractivity contribution in [2.75, 3.05) is 6.54 Å². The third-order valence-electron chi connectivity index (χ3n) is 0.500. The second kappa shape index (κ2) is 3.57. The molecule has 0 amide bonds. The Morgan fingerprint density at radius 3 is 1.71 bits per heavy atom. The number of nitrogens with two attached hydrogens (primary N) is 1. The van der Waals surface area contributed by atoms with Crippen LogP contribution in [0.5, 0.6) is 0 Å². The molecule has 0 bridgehead atoms. The van der Waals surface area contributed by atoms with Gasteiger partial charge in [0, 0.05) is 27.0 Å². The summed E-state index contributed by atoms with van der Waals surface area (Å²) in [7, 11) is 0. The molecule has 0 aromatic rings. The van der Waals surface area contributed by atoms with Crippen LogP contribution < -0.4 is 5.73 Å². The molecule has 0 aliphatic heterocycles. The fraction of sp³-hybridized carbons (Fsp3) is 1.00. The van der Waals surface area contributed by atoms with E-state index in [0.29, 0.717) is 6.54 Å². The van der Waals surface area contributed by atoms with Crippen LogP contribution in [0.15, 0.2) is 0 Å². The van der Waals surface area contributed by atoms with Crippen molar-refractivity contribution >= 4 is 0 Å². The zero-order chi connectivity index (χ0) is 5.21. The van der Waals surface area contributed by atoms with Crippen LogP contribution in [-0.2, 0) is 20.4 Å². The van der Waals surface area contributed by atoms with E-state index in [1.54, 1.807) is 13.8 Å². The van der Waals surface area contributed by atoms with E-state index in [-0.39, 0.29) is 20.4 Å². The van der Waals surface area contributed by atoms with Gasteiger partial charge in [-0.2, -0.15) is 0 Å². The van der Waals surface area contributed by atoms with Crippen molar-refractivity contribution < 1.29 is 25.5 Å². The SMILES string of the molecule is CC(C)(O)CN.[Pd]. The van der Waals surface area contributed by atoms with Gasteiger partial charge in [0.2, 0.25) is 0 Å². The molecule has 0 spiro atoms. The molecule has 0 heterocycles. The minimum Gasteiger partial charge on any atom is -0.389 e. The van der Waals surface area contributed by atoms with Crippen molar-refractivity contribution in [3.8, 4) is 0 Å². The molecule has 0 saturated carbocycles. The summed E-state index contributed by atoms with van der Waals surface area (Å²) >= 11 is 0. The molecule has 2 nitrogen and oxygen atoms in total. The number of rotatable bonds is 1. The van der Waals surface area contributed by atoms with E-state index < -0.39 is 5.60 Å². The van der Waals surface area contributed by atoms with Crippen molar-refractivity contribution in [1.29, 1.82) is 0 Å². The van der Waals surface area contributed by atoms with Crippen LogP contribution in [0, 0.1) is 0 Å². The topological polar surface area (TPSA) is 46.2 Å². The quantitative estimate of drug-likeness (QED) is 0.565. The summed E-state index contributed by atoms with van der Waals surface area (Å²) in [5, 5.41) is 8.70. The van der Waals surface area contributed by atoms with Crippen LogP contribution in [0.3, 0.4) is 0 Å². The maximum Gasteiger partial charge on any atom is 0.0713 e. The Morgan fingerprint density at radius 1 is 1.57 bits per heavy atom. The fourth-order valence-electron chi connectivity index (χ4n) is 0. The van der Waals surface area contributed by atoms with Gasteiger partial charge in [-0.3, -0.25) is 0 Å². The number of hydrogen-bond acceptors (Lipinski definition) is 2. The van der Waals surface area contributed by atoms with E-state index >= 15 is 0 Å². The molecule has 0 aliphatic carbocycles. The number of hydrogen-bond donors (Lipinski definition) is 2. The third-order valence-corrected chi connectivity index (χ3v) is 0.500. The molecule has 48 valence electrons. The summed E-state index contributed by atoms with van der Waals surface area (Å²) in [5.41, 5.74) is 4.38. The molecule has 0 aromatic carbocycles. The molecule has 0 rings (SSSR count). The third kappa shape index (κ3) is 10.8. The van der Waals surface area contributed by atoms with Crippen LogP contribution >= 0.6 is 0 Å². The van der Waals surface area contributed by atoms with Crippen molar-refractivity contribution in [2.45, 2.75) is 19.4 Å². The van der Waals surface area contributed by atoms with Crippen LogP contribution in [0.2, 0.25) is 0 Å². The van der Waals surface area contributed by atoms with E-state index in [2.05, 4.69) is 0 Å². The Morgan fingerprint density at radius 2 is 1.71 bits per heavy atom. The first-order chi connectivity index (χ1) is 2.56. The smallest absolute Gasteiger partial charge is 0.0713 e. The first-order valence-corrected chi connectivity index (χ1v) is 1.99. The van der Waals surface area contributed by atoms with Crippen molar-refractivity contribution in [1.82, 2.24) is 0 Å². The monoisotopic (exact) mass is 195 g/mol. The second-order valence-corrected chi connectivity index (χ2v) is 2.02. The van der Waals surface area contributed by atoms with E-state index in [1.165, 1.54) is 0 Å². The van der Waals surface area contributed by atoms with Crippen LogP contribution in [0.25, 0.3) is 0 Å². The Balaban J connectivity index is 0. The Kier molecular flexibility index (Phi) is 5.37. The number of aliphatic hydroxyl groups is 1. The van der Waals surface area contributed by atoms with Gasteiger partial charge < -0.3 is 10.8 Å². The van der Waals surface area contributed by atoms with Gasteiger partial charge in [0.25, 0.3) is 0 Å². The van der Waals surface area contributed by atoms with Crippen LogP contribution in [0.4, 0.5) is 0 Å². The van der Waals surface area contributed by atoms with Gasteiger partial charge in [-0.05, 0) is 13.8 Å². The molecule has 3 N–H and O–H groups in total. The Labute approximate surface area is 57.7 Å². The molecule has 3 heteroatoms. The normalized spacial score (nSPS) is 10.3. The molecule has 0 unspecified atom stereocenters. The Hall–Kier alpha value is 0.582. The Bertz CT molecular complexity index is 41.4. The van der Waals surface area contributed by atoms with E-state index in [9.17, 15) is 0 Å². The summed E-state index contributed by atoms with van der Waals surface area (Å²) in [6.07, 6.45) is 0. The maximum absolute atomic E-state index is 8.70. The van der Waals surface area contributed by atoms with E-state index in [1.807, 2.05) is 0 Å². The van der Waals surface area contributed by atoms with Gasteiger partial charge in [0.1, 0.15) is 0 Å². The van der Waals surface area contributed by atoms with Crippen molar-refractivity contribution in [3.05, 3.63) is 0 Å². The van der Waals surface area contributed by atoms with Crippen molar-refractivity contribution in [2.24, 2.45) is 5.73 Å². The van der Waals surface area contributed by atoms with Gasteiger partial charge >= 0.3 is 0 Å². The molecule has 0 atom stereocenters. The molecular weight excluding hydrogens is 184 g/mol. The van der Waals surface area contributed by atoms with Gasteiger partial charge in [0.05, 0.1) is 5.60 Å². The van der Waals surface area contributed by atoms with E-state index in [4.69, 9.17) is 10.8 Å². The maximum atomic E-state index is 8.70. The first-order valence-electron chi connectivity index (χ1n) is 1.99. The molecular formula is C4H11NOPd. The predicted molar refractivity (Wildman–Crippen MR) is 25.4 cm³/mol. The summed E-state index contributed by atoms with van der Waals surface area (Å²) in [5.74, 6) is 0. The van der Waals surface area contributed by atoms with E-state index in [0.717, 1.165) is 0 Å². The molecule has 0 aromatic heterocycles. The van der Waals surface area contributed by atoms with Gasteiger partial charge in [-0.15, -0.1) is 0 Å². The summed E-state index contributed by atoms with van der Waals surface area (Å²) < 4.78 is 0. The summed E-state index contributed by atoms with van der Waals surface area (Å²) in [6.45, 7) is 3.67. The van der Waals surface area contributed by atoms with Crippen LogP contribution in [-0.4, -0.2) is 17.3 Å². The predicted octanol–water partition coefficient (Wildman–Crippen LogP) is -0.286. The average molecular weight is 196 g/mol. The standard InChI is InChI=1S/C4H11NO.Pd/c1-4(2,6)3-5;/h6H,3,5H2,1-2H3;. The zero-order valence-electron chi connectivity index (χ0n) is 4.55. The second-order valence-electron chi connectivity index (χ2n) is 2.02. The molecule has 0 radical (unpaired) electrons. The van der Waals surface area contributed by atoms with Gasteiger partial charge in [-0.1, -0.05) is 0 Å². The minimum atomic E-state index is -0.681. The average Bonchev–Trinajstić information content (AvgIpc) is 1.35. The van der Waals surface area contributed by atoms with Gasteiger partial charge in [0.15, 0.2) is 0 Å². The first kappa shape index (κ1) is 10.5. The molecule has 0 fully saturated rings. The molecule has 0 aliphatic rings. The minimum absolute atomic E-state index is 0. The summed E-state index contributed by atoms with van der Waals surface area (Å²) in [6, 6.07) is 0. The van der Waals surface area contributed by atoms with Gasteiger partial charge in [-0.25, -0.2) is 0 Å². The van der Waals surface area contributed by atoms with Crippen LogP contribution in [0.1, 0.15) is 13.8 Å². The molecule has 0 saturated heterocycles.